The Balaban J connectivity index is 2.40. The van der Waals surface area contributed by atoms with Crippen LogP contribution in [-0.4, -0.2) is 12.1 Å². The molecule has 0 aromatic heterocycles. The van der Waals surface area contributed by atoms with E-state index in [2.05, 4.69) is 37.8 Å². The van der Waals surface area contributed by atoms with Crippen LogP contribution < -0.4 is 10.6 Å². The zero-order valence-corrected chi connectivity index (χ0v) is 9.88. The zero-order chi connectivity index (χ0) is 11.1. The Hall–Kier alpha value is -1.18. The van der Waals surface area contributed by atoms with Gasteiger partial charge in [0.1, 0.15) is 0 Å². The molecule has 2 rings (SSSR count). The lowest BCUT2D eigenvalue weighted by molar-refractivity contribution is 0.517. The number of nitrogen functional groups attached to an aromatic ring is 1. The van der Waals surface area contributed by atoms with Crippen LogP contribution >= 0.6 is 0 Å². The Morgan fingerprint density at radius 2 is 2.07 bits per heavy atom. The highest BCUT2D eigenvalue weighted by Crippen LogP contribution is 2.36. The van der Waals surface area contributed by atoms with Gasteiger partial charge in [0, 0.05) is 23.5 Å². The van der Waals surface area contributed by atoms with Crippen LogP contribution in [0.5, 0.6) is 0 Å². The Labute approximate surface area is 92.1 Å². The third-order valence-electron chi connectivity index (χ3n) is 3.42. The van der Waals surface area contributed by atoms with Crippen LogP contribution in [0, 0.1) is 6.92 Å². The van der Waals surface area contributed by atoms with Crippen LogP contribution in [0.15, 0.2) is 18.2 Å². The Morgan fingerprint density at radius 1 is 1.33 bits per heavy atom. The van der Waals surface area contributed by atoms with Gasteiger partial charge in [0.05, 0.1) is 0 Å². The Morgan fingerprint density at radius 3 is 2.67 bits per heavy atom. The summed E-state index contributed by atoms with van der Waals surface area (Å²) in [6.07, 6.45) is 2.54. The van der Waals surface area contributed by atoms with Crippen molar-refractivity contribution >= 4 is 11.4 Å². The minimum atomic E-state index is 0.276. The second-order valence-electron chi connectivity index (χ2n) is 5.11. The smallest absolute Gasteiger partial charge is 0.0421 e. The number of benzene rings is 1. The summed E-state index contributed by atoms with van der Waals surface area (Å²) in [5.74, 6) is 0. The summed E-state index contributed by atoms with van der Waals surface area (Å²) in [6.45, 7) is 7.92. The molecule has 2 N–H and O–H groups in total. The topological polar surface area (TPSA) is 29.3 Å². The molecule has 0 saturated carbocycles. The van der Waals surface area contributed by atoms with Gasteiger partial charge in [-0.2, -0.15) is 0 Å². The Bertz CT molecular complexity index is 369. The van der Waals surface area contributed by atoms with Crippen LogP contribution in [0.4, 0.5) is 11.4 Å². The number of hydrogen-bond donors (Lipinski definition) is 1. The molecular weight excluding hydrogens is 184 g/mol. The highest BCUT2D eigenvalue weighted by molar-refractivity contribution is 5.62. The second kappa shape index (κ2) is 3.44. The van der Waals surface area contributed by atoms with Crippen molar-refractivity contribution in [3.05, 3.63) is 23.8 Å². The number of nitrogens with two attached hydrogens (primary N) is 1. The third kappa shape index (κ3) is 1.81. The summed E-state index contributed by atoms with van der Waals surface area (Å²) in [5.41, 5.74) is 9.61. The van der Waals surface area contributed by atoms with Crippen molar-refractivity contribution in [1.82, 2.24) is 0 Å². The van der Waals surface area contributed by atoms with E-state index in [1.54, 1.807) is 0 Å². The van der Waals surface area contributed by atoms with Gasteiger partial charge in [-0.3, -0.25) is 0 Å². The monoisotopic (exact) mass is 204 g/mol. The second-order valence-corrected chi connectivity index (χ2v) is 5.11. The molecule has 0 amide bonds. The van der Waals surface area contributed by atoms with E-state index in [-0.39, 0.29) is 5.54 Å². The first-order valence-corrected chi connectivity index (χ1v) is 5.64. The first-order chi connectivity index (χ1) is 7.00. The SMILES string of the molecule is Cc1ccc(N)cc1N1CCCC1(C)C. The van der Waals surface area contributed by atoms with Crippen LogP contribution in [-0.2, 0) is 0 Å². The number of hydrogen-bond acceptors (Lipinski definition) is 2. The van der Waals surface area contributed by atoms with Crippen molar-refractivity contribution in [2.24, 2.45) is 0 Å². The lowest BCUT2D eigenvalue weighted by Crippen LogP contribution is -2.38. The summed E-state index contributed by atoms with van der Waals surface area (Å²) in [7, 11) is 0. The van der Waals surface area contributed by atoms with Gasteiger partial charge in [0.15, 0.2) is 0 Å². The van der Waals surface area contributed by atoms with Gasteiger partial charge in [-0.05, 0) is 51.3 Å². The maximum absolute atomic E-state index is 5.86. The molecule has 2 nitrogen and oxygen atoms in total. The molecule has 0 spiro atoms. The number of anilines is 2. The molecule has 0 aliphatic carbocycles. The first kappa shape index (κ1) is 10.3. The van der Waals surface area contributed by atoms with E-state index in [0.29, 0.717) is 0 Å². The van der Waals surface area contributed by atoms with Gasteiger partial charge in [-0.15, -0.1) is 0 Å². The van der Waals surface area contributed by atoms with Gasteiger partial charge in [-0.25, -0.2) is 0 Å². The molecule has 1 aliphatic rings. The minimum absolute atomic E-state index is 0.276. The van der Waals surface area contributed by atoms with Crippen molar-refractivity contribution in [1.29, 1.82) is 0 Å². The molecular formula is C13H20N2. The van der Waals surface area contributed by atoms with E-state index in [0.717, 1.165) is 12.2 Å². The largest absolute Gasteiger partial charge is 0.399 e. The fourth-order valence-corrected chi connectivity index (χ4v) is 2.47. The first-order valence-electron chi connectivity index (χ1n) is 5.64. The molecule has 1 saturated heterocycles. The summed E-state index contributed by atoms with van der Waals surface area (Å²) in [6, 6.07) is 6.18. The van der Waals surface area contributed by atoms with Crippen LogP contribution in [0.25, 0.3) is 0 Å². The highest BCUT2D eigenvalue weighted by atomic mass is 15.2. The normalized spacial score (nSPS) is 19.5. The minimum Gasteiger partial charge on any atom is -0.399 e. The number of nitrogens with zero attached hydrogens (tertiary/aromatic N) is 1. The molecule has 1 heterocycles. The van der Waals surface area contributed by atoms with Crippen molar-refractivity contribution in [2.75, 3.05) is 17.2 Å². The predicted octanol–water partition coefficient (Wildman–Crippen LogP) is 2.96. The summed E-state index contributed by atoms with van der Waals surface area (Å²) in [5, 5.41) is 0. The summed E-state index contributed by atoms with van der Waals surface area (Å²) < 4.78 is 0. The molecule has 15 heavy (non-hydrogen) atoms. The molecule has 0 radical (unpaired) electrons. The predicted molar refractivity (Wildman–Crippen MR) is 66.3 cm³/mol. The molecule has 1 aromatic carbocycles. The fourth-order valence-electron chi connectivity index (χ4n) is 2.47. The van der Waals surface area contributed by atoms with Crippen LogP contribution in [0.2, 0.25) is 0 Å². The van der Waals surface area contributed by atoms with E-state index >= 15 is 0 Å². The number of rotatable bonds is 1. The average Bonchev–Trinajstić information content (AvgIpc) is 2.50. The van der Waals surface area contributed by atoms with Gasteiger partial charge in [0.25, 0.3) is 0 Å². The van der Waals surface area contributed by atoms with E-state index in [4.69, 9.17) is 5.73 Å². The maximum Gasteiger partial charge on any atom is 0.0421 e. The molecule has 0 atom stereocenters. The average molecular weight is 204 g/mol. The van der Waals surface area contributed by atoms with Gasteiger partial charge in [-0.1, -0.05) is 6.07 Å². The van der Waals surface area contributed by atoms with Gasteiger partial charge < -0.3 is 10.6 Å². The van der Waals surface area contributed by atoms with Gasteiger partial charge in [0.2, 0.25) is 0 Å². The van der Waals surface area contributed by atoms with Crippen LogP contribution in [0.3, 0.4) is 0 Å². The maximum atomic E-state index is 5.86. The number of aryl methyl sites for hydroxylation is 1. The third-order valence-corrected chi connectivity index (χ3v) is 3.42. The lowest BCUT2D eigenvalue weighted by Gasteiger charge is -2.35. The van der Waals surface area contributed by atoms with Crippen molar-refractivity contribution < 1.29 is 0 Å². The molecule has 2 heteroatoms. The van der Waals surface area contributed by atoms with E-state index in [1.165, 1.54) is 24.1 Å². The Kier molecular flexibility index (Phi) is 2.37. The van der Waals surface area contributed by atoms with Crippen molar-refractivity contribution in [3.8, 4) is 0 Å². The van der Waals surface area contributed by atoms with E-state index in [9.17, 15) is 0 Å². The molecule has 82 valence electrons. The van der Waals surface area contributed by atoms with Crippen molar-refractivity contribution in [3.63, 3.8) is 0 Å². The molecule has 1 aliphatic heterocycles. The molecule has 0 bridgehead atoms. The molecule has 1 fully saturated rings. The summed E-state index contributed by atoms with van der Waals surface area (Å²) in [4.78, 5) is 2.48. The van der Waals surface area contributed by atoms with Crippen LogP contribution in [0.1, 0.15) is 32.3 Å². The zero-order valence-electron chi connectivity index (χ0n) is 9.88. The highest BCUT2D eigenvalue weighted by Gasteiger charge is 2.32. The van der Waals surface area contributed by atoms with Crippen molar-refractivity contribution in [2.45, 2.75) is 39.2 Å². The quantitative estimate of drug-likeness (QED) is 0.713. The molecule has 0 unspecified atom stereocenters. The standard InChI is InChI=1S/C13H20N2/c1-10-5-6-11(14)9-12(10)15-8-4-7-13(15,2)3/h5-6,9H,4,7-8,14H2,1-3H3. The molecule has 1 aromatic rings. The van der Waals surface area contributed by atoms with E-state index < -0.39 is 0 Å². The lowest BCUT2D eigenvalue weighted by atomic mass is 10.0. The van der Waals surface area contributed by atoms with E-state index in [1.807, 2.05) is 6.07 Å². The van der Waals surface area contributed by atoms with Gasteiger partial charge >= 0.3 is 0 Å². The summed E-state index contributed by atoms with van der Waals surface area (Å²) >= 11 is 0. The fraction of sp³-hybridized carbons (Fsp3) is 0.538.